The van der Waals surface area contributed by atoms with E-state index in [-0.39, 0.29) is 37.9 Å². The maximum absolute atomic E-state index is 11.1. The second-order valence-electron chi connectivity index (χ2n) is 3.85. The largest absolute Gasteiger partial charge is 0.448 e. The summed E-state index contributed by atoms with van der Waals surface area (Å²) in [5, 5.41) is 11.8. The molecule has 0 saturated heterocycles. The molecule has 0 saturated carbocycles. The van der Waals surface area contributed by atoms with Crippen molar-refractivity contribution in [1.82, 2.24) is 0 Å². The molecule has 9 heteroatoms. The van der Waals surface area contributed by atoms with Crippen molar-refractivity contribution in [1.29, 1.82) is 0 Å². The Morgan fingerprint density at radius 3 is 2.38 bits per heavy atom. The highest BCUT2D eigenvalue weighted by Crippen LogP contribution is 2.41. The zero-order chi connectivity index (χ0) is 15.6. The summed E-state index contributed by atoms with van der Waals surface area (Å²) in [5.74, 6) is 5.36. The molecule has 0 fully saturated rings. The number of hydrogen-bond donors (Lipinski definition) is 2. The van der Waals surface area contributed by atoms with Crippen molar-refractivity contribution in [2.24, 2.45) is 5.84 Å². The summed E-state index contributed by atoms with van der Waals surface area (Å²) in [5.41, 5.74) is 2.02. The summed E-state index contributed by atoms with van der Waals surface area (Å²) in [4.78, 5) is 10.5. The molecule has 2 rings (SSSR count). The Hall–Kier alpha value is -1.73. The minimum atomic E-state index is -0.615. The lowest BCUT2D eigenvalue weighted by Crippen LogP contribution is -2.09. The van der Waals surface area contributed by atoms with Crippen LogP contribution in [0, 0.1) is 10.1 Å². The minimum absolute atomic E-state index is 0.0317. The number of anilines is 1. The maximum Gasteiger partial charge on any atom is 0.335 e. The number of nitrogens with one attached hydrogen (secondary N) is 1. The number of nitro groups is 1. The van der Waals surface area contributed by atoms with Crippen molar-refractivity contribution in [2.75, 3.05) is 5.43 Å². The van der Waals surface area contributed by atoms with E-state index < -0.39 is 4.92 Å². The van der Waals surface area contributed by atoms with E-state index in [2.05, 4.69) is 5.43 Å². The van der Waals surface area contributed by atoms with E-state index in [4.69, 9.17) is 45.4 Å². The molecule has 0 bridgehead atoms. The molecule has 0 spiro atoms. The summed E-state index contributed by atoms with van der Waals surface area (Å²) in [6.07, 6.45) is 0. The zero-order valence-electron chi connectivity index (χ0n) is 10.3. The number of nitrogens with two attached hydrogens (primary N) is 1. The summed E-state index contributed by atoms with van der Waals surface area (Å²) < 4.78 is 5.47. The number of nitrogens with zero attached hydrogens (tertiary/aromatic N) is 1. The Balaban J connectivity index is 2.49. The molecule has 0 radical (unpaired) electrons. The van der Waals surface area contributed by atoms with Gasteiger partial charge in [-0.1, -0.05) is 40.9 Å². The van der Waals surface area contributed by atoms with Crippen LogP contribution in [0.25, 0.3) is 0 Å². The van der Waals surface area contributed by atoms with Crippen LogP contribution < -0.4 is 16.0 Å². The van der Waals surface area contributed by atoms with Crippen molar-refractivity contribution in [2.45, 2.75) is 0 Å². The Labute approximate surface area is 134 Å². The first-order chi connectivity index (χ1) is 9.93. The summed E-state index contributed by atoms with van der Waals surface area (Å²) in [6, 6.07) is 7.17. The van der Waals surface area contributed by atoms with Crippen LogP contribution in [0.5, 0.6) is 11.5 Å². The predicted molar refractivity (Wildman–Crippen MR) is 82.5 cm³/mol. The van der Waals surface area contributed by atoms with Gasteiger partial charge >= 0.3 is 5.69 Å². The average Bonchev–Trinajstić information content (AvgIpc) is 2.44. The summed E-state index contributed by atoms with van der Waals surface area (Å²) >= 11 is 17.7. The highest BCUT2D eigenvalue weighted by molar-refractivity contribution is 6.43. The zero-order valence-corrected chi connectivity index (χ0v) is 12.5. The van der Waals surface area contributed by atoms with Crippen molar-refractivity contribution in [3.05, 3.63) is 55.5 Å². The molecular weight excluding hydrogens is 341 g/mol. The molecule has 2 aromatic carbocycles. The van der Waals surface area contributed by atoms with Crippen LogP contribution in [0.15, 0.2) is 30.3 Å². The van der Waals surface area contributed by atoms with Crippen molar-refractivity contribution in [3.8, 4) is 11.5 Å². The molecule has 110 valence electrons. The fourth-order valence-electron chi connectivity index (χ4n) is 1.61. The van der Waals surface area contributed by atoms with Crippen molar-refractivity contribution in [3.63, 3.8) is 0 Å². The smallest absolute Gasteiger partial charge is 0.335 e. The number of ether oxygens (including phenoxy) is 1. The van der Waals surface area contributed by atoms with Gasteiger partial charge in [-0.25, -0.2) is 0 Å². The molecule has 0 heterocycles. The van der Waals surface area contributed by atoms with Crippen LogP contribution in [0.3, 0.4) is 0 Å². The molecule has 0 atom stereocenters. The first-order valence-corrected chi connectivity index (χ1v) is 6.64. The molecule has 0 aliphatic rings. The summed E-state index contributed by atoms with van der Waals surface area (Å²) in [7, 11) is 0. The van der Waals surface area contributed by atoms with Gasteiger partial charge < -0.3 is 10.2 Å². The quantitative estimate of drug-likeness (QED) is 0.364. The highest BCUT2D eigenvalue weighted by atomic mass is 35.5. The van der Waals surface area contributed by atoms with Gasteiger partial charge in [0, 0.05) is 6.07 Å². The van der Waals surface area contributed by atoms with Crippen LogP contribution in [-0.2, 0) is 0 Å². The van der Waals surface area contributed by atoms with Crippen LogP contribution in [-0.4, -0.2) is 4.92 Å². The normalized spacial score (nSPS) is 10.3. The fourth-order valence-corrected chi connectivity index (χ4v) is 2.19. The van der Waals surface area contributed by atoms with Crippen molar-refractivity contribution >= 4 is 46.2 Å². The lowest BCUT2D eigenvalue weighted by molar-refractivity contribution is -0.384. The minimum Gasteiger partial charge on any atom is -0.448 e. The molecule has 0 unspecified atom stereocenters. The number of hydrazine groups is 1. The van der Waals surface area contributed by atoms with Gasteiger partial charge in [-0.2, -0.15) is 0 Å². The molecule has 0 aromatic heterocycles. The van der Waals surface area contributed by atoms with E-state index in [0.29, 0.717) is 0 Å². The molecule has 2 aromatic rings. The van der Waals surface area contributed by atoms with Gasteiger partial charge in [0.2, 0.25) is 5.75 Å². The molecule has 0 aliphatic heterocycles. The van der Waals surface area contributed by atoms with E-state index in [1.807, 2.05) is 0 Å². The van der Waals surface area contributed by atoms with Gasteiger partial charge in [0.25, 0.3) is 0 Å². The van der Waals surface area contributed by atoms with E-state index in [1.54, 1.807) is 6.07 Å². The third-order valence-electron chi connectivity index (χ3n) is 2.53. The number of hydrogen-bond acceptors (Lipinski definition) is 5. The van der Waals surface area contributed by atoms with E-state index in [1.165, 1.54) is 24.3 Å². The average molecular weight is 349 g/mol. The monoisotopic (exact) mass is 347 g/mol. The van der Waals surface area contributed by atoms with Gasteiger partial charge in [0.15, 0.2) is 0 Å². The molecule has 21 heavy (non-hydrogen) atoms. The molecular formula is C12H8Cl3N3O3. The third kappa shape index (κ3) is 3.30. The maximum atomic E-state index is 11.1. The number of benzene rings is 2. The predicted octanol–water partition coefficient (Wildman–Crippen LogP) is 4.63. The number of nitrogen functional groups attached to an aromatic ring is 1. The Morgan fingerprint density at radius 2 is 1.76 bits per heavy atom. The number of halogens is 3. The molecule has 0 aliphatic carbocycles. The van der Waals surface area contributed by atoms with Crippen LogP contribution >= 0.6 is 34.8 Å². The second kappa shape index (κ2) is 6.36. The van der Waals surface area contributed by atoms with Crippen LogP contribution in [0.2, 0.25) is 15.1 Å². The fraction of sp³-hybridized carbons (Fsp3) is 0. The lowest BCUT2D eigenvalue weighted by Gasteiger charge is -2.11. The molecule has 3 N–H and O–H groups in total. The van der Waals surface area contributed by atoms with E-state index in [9.17, 15) is 10.1 Å². The van der Waals surface area contributed by atoms with Gasteiger partial charge in [-0.15, -0.1) is 0 Å². The Morgan fingerprint density at radius 1 is 1.10 bits per heavy atom. The standard InChI is InChI=1S/C12H8Cl3N3O3/c13-6-4-8(15)11(5-7(6)14)21-10-3-1-2-9(17-16)12(10)18(19)20/h1-5,17H,16H2. The van der Waals surface area contributed by atoms with Gasteiger partial charge in [0.05, 0.1) is 20.0 Å². The first kappa shape index (κ1) is 15.7. The second-order valence-corrected chi connectivity index (χ2v) is 5.07. The number of rotatable bonds is 4. The van der Waals surface area contributed by atoms with Crippen LogP contribution in [0.1, 0.15) is 0 Å². The summed E-state index contributed by atoms with van der Waals surface area (Å²) in [6.45, 7) is 0. The topological polar surface area (TPSA) is 90.4 Å². The van der Waals surface area contributed by atoms with E-state index in [0.717, 1.165) is 0 Å². The van der Waals surface area contributed by atoms with Crippen molar-refractivity contribution < 1.29 is 9.66 Å². The van der Waals surface area contributed by atoms with Gasteiger partial charge in [-0.05, 0) is 18.2 Å². The molecule has 0 amide bonds. The lowest BCUT2D eigenvalue weighted by atomic mass is 10.2. The first-order valence-electron chi connectivity index (χ1n) is 5.50. The third-order valence-corrected chi connectivity index (χ3v) is 3.55. The number of nitro benzene ring substituents is 1. The van der Waals surface area contributed by atoms with E-state index >= 15 is 0 Å². The number of para-hydroxylation sites is 1. The Kier molecular flexibility index (Phi) is 4.74. The Bertz CT molecular complexity index is 710. The SMILES string of the molecule is NNc1cccc(Oc2cc(Cl)c(Cl)cc2Cl)c1[N+](=O)[O-]. The molecule has 6 nitrogen and oxygen atoms in total. The van der Waals surface area contributed by atoms with Gasteiger partial charge in [0.1, 0.15) is 11.4 Å². The van der Waals surface area contributed by atoms with Crippen LogP contribution in [0.4, 0.5) is 11.4 Å². The highest BCUT2D eigenvalue weighted by Gasteiger charge is 2.22. The van der Waals surface area contributed by atoms with Gasteiger partial charge in [-0.3, -0.25) is 16.0 Å².